The molecular formula is C23H18N4O. The molecule has 136 valence electrons. The minimum Gasteiger partial charge on any atom is -0.443 e. The fourth-order valence-corrected chi connectivity index (χ4v) is 3.69. The molecule has 0 saturated carbocycles. The monoisotopic (exact) mass is 366 g/mol. The molecule has 0 aliphatic rings. The molecule has 0 radical (unpaired) electrons. The van der Waals surface area contributed by atoms with Crippen molar-refractivity contribution in [2.24, 2.45) is 0 Å². The highest BCUT2D eigenvalue weighted by molar-refractivity contribution is 5.79. The Morgan fingerprint density at radius 2 is 1.57 bits per heavy atom. The van der Waals surface area contributed by atoms with Gasteiger partial charge in [-0.2, -0.15) is 5.10 Å². The number of rotatable bonds is 3. The fourth-order valence-electron chi connectivity index (χ4n) is 3.69. The van der Waals surface area contributed by atoms with Gasteiger partial charge in [0.25, 0.3) is 0 Å². The topological polar surface area (TPSA) is 56.7 Å². The summed E-state index contributed by atoms with van der Waals surface area (Å²) < 4.78 is 7.25. The number of nitrogens with zero attached hydrogens (tertiary/aromatic N) is 4. The minimum absolute atomic E-state index is 0.759. The van der Waals surface area contributed by atoms with Crippen molar-refractivity contribution in [3.8, 4) is 28.2 Å². The van der Waals surface area contributed by atoms with Crippen LogP contribution in [0.25, 0.3) is 39.3 Å². The average molecular weight is 366 g/mol. The SMILES string of the molecule is Cc1cc(-c2ccccc2)cc(C)c1-n1ncnc1-c1ccc2ocnc2c1. The zero-order chi connectivity index (χ0) is 19.1. The molecule has 0 spiro atoms. The van der Waals surface area contributed by atoms with E-state index in [1.807, 2.05) is 28.9 Å². The van der Waals surface area contributed by atoms with Gasteiger partial charge >= 0.3 is 0 Å². The third kappa shape index (κ3) is 2.68. The molecule has 28 heavy (non-hydrogen) atoms. The Balaban J connectivity index is 1.64. The lowest BCUT2D eigenvalue weighted by molar-refractivity contribution is 0.602. The van der Waals surface area contributed by atoms with Crippen LogP contribution in [0.5, 0.6) is 0 Å². The van der Waals surface area contributed by atoms with Gasteiger partial charge in [-0.05, 0) is 66.4 Å². The van der Waals surface area contributed by atoms with Crippen molar-refractivity contribution in [1.29, 1.82) is 0 Å². The zero-order valence-electron chi connectivity index (χ0n) is 15.6. The maximum Gasteiger partial charge on any atom is 0.181 e. The number of oxazole rings is 1. The highest BCUT2D eigenvalue weighted by Crippen LogP contribution is 2.30. The summed E-state index contributed by atoms with van der Waals surface area (Å²) >= 11 is 0. The molecular weight excluding hydrogens is 348 g/mol. The van der Waals surface area contributed by atoms with Gasteiger partial charge in [-0.25, -0.2) is 14.6 Å². The molecule has 3 aromatic carbocycles. The summed E-state index contributed by atoms with van der Waals surface area (Å²) in [5.41, 5.74) is 8.26. The Hall–Kier alpha value is -3.73. The fraction of sp³-hybridized carbons (Fsp3) is 0.0870. The van der Waals surface area contributed by atoms with Crippen molar-refractivity contribution in [3.63, 3.8) is 0 Å². The molecule has 0 saturated heterocycles. The molecule has 0 aliphatic carbocycles. The van der Waals surface area contributed by atoms with E-state index < -0.39 is 0 Å². The zero-order valence-corrected chi connectivity index (χ0v) is 15.6. The van der Waals surface area contributed by atoms with E-state index in [1.165, 1.54) is 17.5 Å². The lowest BCUT2D eigenvalue weighted by Crippen LogP contribution is -2.05. The van der Waals surface area contributed by atoms with Gasteiger partial charge in [-0.15, -0.1) is 0 Å². The lowest BCUT2D eigenvalue weighted by Gasteiger charge is -2.15. The van der Waals surface area contributed by atoms with E-state index in [2.05, 4.69) is 65.3 Å². The van der Waals surface area contributed by atoms with Crippen molar-refractivity contribution in [2.45, 2.75) is 13.8 Å². The molecule has 5 heteroatoms. The highest BCUT2D eigenvalue weighted by Gasteiger charge is 2.15. The third-order valence-electron chi connectivity index (χ3n) is 4.95. The Kier molecular flexibility index (Phi) is 3.79. The quantitative estimate of drug-likeness (QED) is 0.431. The van der Waals surface area contributed by atoms with Crippen LogP contribution in [-0.2, 0) is 0 Å². The molecule has 0 aliphatic heterocycles. The smallest absolute Gasteiger partial charge is 0.181 e. The summed E-state index contributed by atoms with van der Waals surface area (Å²) in [5, 5.41) is 4.52. The van der Waals surface area contributed by atoms with Crippen molar-refractivity contribution in [1.82, 2.24) is 19.7 Å². The Morgan fingerprint density at radius 1 is 0.786 bits per heavy atom. The second-order valence-corrected chi connectivity index (χ2v) is 6.85. The van der Waals surface area contributed by atoms with Crippen LogP contribution < -0.4 is 0 Å². The number of fused-ring (bicyclic) bond motifs is 1. The number of benzene rings is 3. The molecule has 0 N–H and O–H groups in total. The van der Waals surface area contributed by atoms with Gasteiger partial charge in [0.05, 0.1) is 5.69 Å². The van der Waals surface area contributed by atoms with Crippen LogP contribution in [0.3, 0.4) is 0 Å². The lowest BCUT2D eigenvalue weighted by atomic mass is 9.99. The van der Waals surface area contributed by atoms with Crippen LogP contribution >= 0.6 is 0 Å². The van der Waals surface area contributed by atoms with Gasteiger partial charge in [0.1, 0.15) is 11.8 Å². The van der Waals surface area contributed by atoms with E-state index in [4.69, 9.17) is 4.42 Å². The summed E-state index contributed by atoms with van der Waals surface area (Å²) in [5.74, 6) is 0.781. The van der Waals surface area contributed by atoms with Crippen LogP contribution in [0.15, 0.2) is 77.8 Å². The van der Waals surface area contributed by atoms with E-state index >= 15 is 0 Å². The van der Waals surface area contributed by atoms with Crippen molar-refractivity contribution in [3.05, 3.63) is 84.5 Å². The van der Waals surface area contributed by atoms with E-state index in [0.717, 1.165) is 39.3 Å². The molecule has 5 rings (SSSR count). The van der Waals surface area contributed by atoms with Crippen molar-refractivity contribution in [2.75, 3.05) is 0 Å². The second-order valence-electron chi connectivity index (χ2n) is 6.85. The first kappa shape index (κ1) is 16.4. The Labute approximate surface area is 162 Å². The first-order chi connectivity index (χ1) is 13.7. The van der Waals surface area contributed by atoms with Gasteiger partial charge in [0, 0.05) is 5.56 Å². The summed E-state index contributed by atoms with van der Waals surface area (Å²) in [7, 11) is 0. The van der Waals surface area contributed by atoms with Gasteiger partial charge in [-0.1, -0.05) is 30.3 Å². The third-order valence-corrected chi connectivity index (χ3v) is 4.95. The maximum absolute atomic E-state index is 5.34. The Morgan fingerprint density at radius 3 is 2.36 bits per heavy atom. The molecule has 0 amide bonds. The number of aromatic nitrogens is 4. The molecule has 0 fully saturated rings. The molecule has 2 heterocycles. The molecule has 5 nitrogen and oxygen atoms in total. The van der Waals surface area contributed by atoms with Crippen LogP contribution in [0.4, 0.5) is 0 Å². The molecule has 0 atom stereocenters. The minimum atomic E-state index is 0.759. The number of hydrogen-bond donors (Lipinski definition) is 0. The van der Waals surface area contributed by atoms with Gasteiger partial charge in [0.2, 0.25) is 0 Å². The maximum atomic E-state index is 5.34. The van der Waals surface area contributed by atoms with Gasteiger partial charge in [-0.3, -0.25) is 0 Å². The predicted molar refractivity (Wildman–Crippen MR) is 109 cm³/mol. The normalized spacial score (nSPS) is 11.2. The summed E-state index contributed by atoms with van der Waals surface area (Å²) in [6, 6.07) is 20.7. The van der Waals surface area contributed by atoms with Crippen LogP contribution in [0.1, 0.15) is 11.1 Å². The standard InChI is InChI=1S/C23H18N4O/c1-15-10-19(17-6-4-3-5-7-17)11-16(2)22(15)27-23(24-13-26-27)18-8-9-21-20(12-18)25-14-28-21/h3-14H,1-2H3. The first-order valence-electron chi connectivity index (χ1n) is 9.11. The highest BCUT2D eigenvalue weighted by atomic mass is 16.3. The van der Waals surface area contributed by atoms with Crippen LogP contribution in [0, 0.1) is 13.8 Å². The molecule has 2 aromatic heterocycles. The van der Waals surface area contributed by atoms with Gasteiger partial charge < -0.3 is 4.42 Å². The van der Waals surface area contributed by atoms with E-state index in [0.29, 0.717) is 0 Å². The summed E-state index contributed by atoms with van der Waals surface area (Å²) in [4.78, 5) is 8.76. The van der Waals surface area contributed by atoms with Crippen LogP contribution in [-0.4, -0.2) is 19.7 Å². The van der Waals surface area contributed by atoms with Crippen molar-refractivity contribution < 1.29 is 4.42 Å². The number of aryl methyl sites for hydroxylation is 2. The van der Waals surface area contributed by atoms with E-state index in [-0.39, 0.29) is 0 Å². The summed E-state index contributed by atoms with van der Waals surface area (Å²) in [6.45, 7) is 4.22. The van der Waals surface area contributed by atoms with Gasteiger partial charge in [0.15, 0.2) is 17.8 Å². The Bertz CT molecular complexity index is 1260. The molecule has 5 aromatic rings. The molecule has 0 unspecified atom stereocenters. The first-order valence-corrected chi connectivity index (χ1v) is 9.11. The number of hydrogen-bond acceptors (Lipinski definition) is 4. The van der Waals surface area contributed by atoms with E-state index in [9.17, 15) is 0 Å². The van der Waals surface area contributed by atoms with E-state index in [1.54, 1.807) is 6.33 Å². The van der Waals surface area contributed by atoms with Crippen molar-refractivity contribution >= 4 is 11.1 Å². The second kappa shape index (κ2) is 6.46. The average Bonchev–Trinajstić information content (AvgIpc) is 3.37. The molecule has 0 bridgehead atoms. The summed E-state index contributed by atoms with van der Waals surface area (Å²) in [6.07, 6.45) is 3.04. The predicted octanol–water partition coefficient (Wildman–Crippen LogP) is 5.36. The van der Waals surface area contributed by atoms with Crippen LogP contribution in [0.2, 0.25) is 0 Å². The largest absolute Gasteiger partial charge is 0.443 e.